The zero-order chi connectivity index (χ0) is 19.3. The Morgan fingerprint density at radius 3 is 2.27 bits per heavy atom. The first-order valence-electron chi connectivity index (χ1n) is 9.75. The first-order chi connectivity index (χ1) is 12.2. The summed E-state index contributed by atoms with van der Waals surface area (Å²) in [5.74, 6) is 0.187. The summed E-state index contributed by atoms with van der Waals surface area (Å²) in [6.45, 7) is 9.95. The quantitative estimate of drug-likeness (QED) is 0.829. The van der Waals surface area contributed by atoms with Gasteiger partial charge in [0.1, 0.15) is 5.60 Å². The SMILES string of the molecule is CCC(=O)N1CCCC(C(=O)N2CCC(NC(=O)OC(C)(C)C)CC2)C1. The van der Waals surface area contributed by atoms with Gasteiger partial charge in [0.25, 0.3) is 0 Å². The molecule has 7 nitrogen and oxygen atoms in total. The fourth-order valence-electron chi connectivity index (χ4n) is 3.61. The van der Waals surface area contributed by atoms with Gasteiger partial charge in [-0.1, -0.05) is 6.92 Å². The van der Waals surface area contributed by atoms with E-state index >= 15 is 0 Å². The van der Waals surface area contributed by atoms with Crippen LogP contribution in [0.3, 0.4) is 0 Å². The van der Waals surface area contributed by atoms with Gasteiger partial charge in [-0.3, -0.25) is 9.59 Å². The van der Waals surface area contributed by atoms with Crippen LogP contribution in [0.5, 0.6) is 0 Å². The summed E-state index contributed by atoms with van der Waals surface area (Å²) in [5.41, 5.74) is -0.510. The smallest absolute Gasteiger partial charge is 0.407 e. The molecule has 1 N–H and O–H groups in total. The minimum absolute atomic E-state index is 0.0402. The Labute approximate surface area is 156 Å². The molecule has 0 aromatic heterocycles. The van der Waals surface area contributed by atoms with Crippen molar-refractivity contribution in [3.8, 4) is 0 Å². The van der Waals surface area contributed by atoms with Crippen LogP contribution in [-0.4, -0.2) is 65.5 Å². The van der Waals surface area contributed by atoms with Crippen LogP contribution in [0.4, 0.5) is 4.79 Å². The number of amides is 3. The third-order valence-corrected chi connectivity index (χ3v) is 4.95. The van der Waals surface area contributed by atoms with Gasteiger partial charge >= 0.3 is 6.09 Å². The summed E-state index contributed by atoms with van der Waals surface area (Å²) in [6, 6.07) is 0.0402. The van der Waals surface area contributed by atoms with Crippen LogP contribution in [0.25, 0.3) is 0 Å². The average Bonchev–Trinajstić information content (AvgIpc) is 2.59. The number of alkyl carbamates (subject to hydrolysis) is 1. The standard InChI is InChI=1S/C19H33N3O4/c1-5-16(23)22-10-6-7-14(13-22)17(24)21-11-8-15(9-12-21)20-18(25)26-19(2,3)4/h14-15H,5-13H2,1-4H3,(H,20,25). The first-order valence-corrected chi connectivity index (χ1v) is 9.75. The number of hydrogen-bond donors (Lipinski definition) is 1. The number of ether oxygens (including phenoxy) is 1. The maximum Gasteiger partial charge on any atom is 0.407 e. The number of carbonyl (C=O) groups is 3. The van der Waals surface area contributed by atoms with Gasteiger partial charge in [-0.2, -0.15) is 0 Å². The third kappa shape index (κ3) is 5.88. The van der Waals surface area contributed by atoms with E-state index in [4.69, 9.17) is 4.74 Å². The summed E-state index contributed by atoms with van der Waals surface area (Å²) in [7, 11) is 0. The van der Waals surface area contributed by atoms with Crippen LogP contribution >= 0.6 is 0 Å². The molecule has 2 saturated heterocycles. The van der Waals surface area contributed by atoms with E-state index in [1.807, 2.05) is 37.5 Å². The molecule has 0 spiro atoms. The van der Waals surface area contributed by atoms with Crippen molar-refractivity contribution in [1.82, 2.24) is 15.1 Å². The molecule has 2 heterocycles. The minimum atomic E-state index is -0.510. The van der Waals surface area contributed by atoms with Crippen molar-refractivity contribution >= 4 is 17.9 Å². The van der Waals surface area contributed by atoms with Crippen molar-refractivity contribution in [2.24, 2.45) is 5.92 Å². The number of nitrogens with one attached hydrogen (secondary N) is 1. The highest BCUT2D eigenvalue weighted by atomic mass is 16.6. The normalized spacial score (nSPS) is 22.1. The zero-order valence-corrected chi connectivity index (χ0v) is 16.5. The van der Waals surface area contributed by atoms with E-state index in [-0.39, 0.29) is 23.8 Å². The van der Waals surface area contributed by atoms with Crippen LogP contribution in [0, 0.1) is 5.92 Å². The molecule has 0 aromatic rings. The second kappa shape index (κ2) is 8.73. The first kappa shape index (κ1) is 20.5. The van der Waals surface area contributed by atoms with Gasteiger partial charge in [0, 0.05) is 38.6 Å². The molecule has 2 fully saturated rings. The molecule has 0 aliphatic carbocycles. The van der Waals surface area contributed by atoms with Crippen molar-refractivity contribution in [3.05, 3.63) is 0 Å². The molecule has 2 aliphatic rings. The topological polar surface area (TPSA) is 79.0 Å². The lowest BCUT2D eigenvalue weighted by Gasteiger charge is -2.38. The largest absolute Gasteiger partial charge is 0.444 e. The van der Waals surface area contributed by atoms with Gasteiger partial charge < -0.3 is 19.9 Å². The van der Waals surface area contributed by atoms with Crippen molar-refractivity contribution in [1.29, 1.82) is 0 Å². The van der Waals surface area contributed by atoms with Crippen molar-refractivity contribution in [3.63, 3.8) is 0 Å². The van der Waals surface area contributed by atoms with E-state index in [0.717, 1.165) is 32.2 Å². The Kier molecular flexibility index (Phi) is 6.89. The highest BCUT2D eigenvalue weighted by Gasteiger charge is 2.33. The number of hydrogen-bond acceptors (Lipinski definition) is 4. The molecular formula is C19H33N3O4. The Morgan fingerprint density at radius 1 is 1.04 bits per heavy atom. The fraction of sp³-hybridized carbons (Fsp3) is 0.842. The molecule has 0 radical (unpaired) electrons. The van der Waals surface area contributed by atoms with Crippen molar-refractivity contribution in [2.45, 2.75) is 71.4 Å². The van der Waals surface area contributed by atoms with Crippen LogP contribution < -0.4 is 5.32 Å². The molecule has 0 aromatic carbocycles. The van der Waals surface area contributed by atoms with Crippen LogP contribution in [0.2, 0.25) is 0 Å². The average molecular weight is 367 g/mol. The predicted molar refractivity (Wildman–Crippen MR) is 98.6 cm³/mol. The van der Waals surface area contributed by atoms with Crippen LogP contribution in [0.1, 0.15) is 59.8 Å². The summed E-state index contributed by atoms with van der Waals surface area (Å²) >= 11 is 0. The maximum atomic E-state index is 12.8. The Balaban J connectivity index is 1.79. The Hall–Kier alpha value is -1.79. The van der Waals surface area contributed by atoms with Crippen LogP contribution in [0.15, 0.2) is 0 Å². The molecule has 2 aliphatic heterocycles. The molecule has 148 valence electrons. The molecule has 7 heteroatoms. The highest BCUT2D eigenvalue weighted by molar-refractivity contribution is 5.81. The highest BCUT2D eigenvalue weighted by Crippen LogP contribution is 2.22. The number of rotatable bonds is 3. The van der Waals surface area contributed by atoms with Gasteiger partial charge in [0.05, 0.1) is 5.92 Å². The number of piperidine rings is 2. The molecule has 1 unspecified atom stereocenters. The monoisotopic (exact) mass is 367 g/mol. The van der Waals surface area contributed by atoms with E-state index in [2.05, 4.69) is 5.32 Å². The number of likely N-dealkylation sites (tertiary alicyclic amines) is 2. The lowest BCUT2D eigenvalue weighted by atomic mass is 9.94. The fourth-order valence-corrected chi connectivity index (χ4v) is 3.61. The summed E-state index contributed by atoms with van der Waals surface area (Å²) in [5, 5.41) is 2.89. The van der Waals surface area contributed by atoms with E-state index in [1.165, 1.54) is 0 Å². The van der Waals surface area contributed by atoms with Crippen LogP contribution in [-0.2, 0) is 14.3 Å². The lowest BCUT2D eigenvalue weighted by molar-refractivity contribution is -0.141. The third-order valence-electron chi connectivity index (χ3n) is 4.95. The van der Waals surface area contributed by atoms with Gasteiger partial charge in [-0.05, 0) is 46.5 Å². The Morgan fingerprint density at radius 2 is 1.69 bits per heavy atom. The summed E-state index contributed by atoms with van der Waals surface area (Å²) in [6.07, 6.45) is 3.29. The van der Waals surface area contributed by atoms with Crippen molar-refractivity contribution < 1.29 is 19.1 Å². The lowest BCUT2D eigenvalue weighted by Crippen LogP contribution is -2.51. The summed E-state index contributed by atoms with van der Waals surface area (Å²) in [4.78, 5) is 40.3. The molecule has 1 atom stereocenters. The number of nitrogens with zero attached hydrogens (tertiary/aromatic N) is 2. The molecule has 0 bridgehead atoms. The molecule has 2 rings (SSSR count). The second-order valence-electron chi connectivity index (χ2n) is 8.28. The minimum Gasteiger partial charge on any atom is -0.444 e. The molecule has 26 heavy (non-hydrogen) atoms. The van der Waals surface area contributed by atoms with E-state index < -0.39 is 11.7 Å². The zero-order valence-electron chi connectivity index (χ0n) is 16.5. The molecule has 3 amide bonds. The maximum absolute atomic E-state index is 12.8. The summed E-state index contributed by atoms with van der Waals surface area (Å²) < 4.78 is 5.29. The van der Waals surface area contributed by atoms with Gasteiger partial charge in [-0.25, -0.2) is 4.79 Å². The van der Waals surface area contributed by atoms with E-state index in [0.29, 0.717) is 26.1 Å². The van der Waals surface area contributed by atoms with Gasteiger partial charge in [0.2, 0.25) is 11.8 Å². The van der Waals surface area contributed by atoms with Gasteiger partial charge in [-0.15, -0.1) is 0 Å². The van der Waals surface area contributed by atoms with Crippen molar-refractivity contribution in [2.75, 3.05) is 26.2 Å². The van der Waals surface area contributed by atoms with Gasteiger partial charge in [0.15, 0.2) is 0 Å². The predicted octanol–water partition coefficient (Wildman–Crippen LogP) is 2.15. The van der Waals surface area contributed by atoms with E-state index in [9.17, 15) is 14.4 Å². The molecular weight excluding hydrogens is 334 g/mol. The molecule has 0 saturated carbocycles. The van der Waals surface area contributed by atoms with E-state index in [1.54, 1.807) is 0 Å². The number of carbonyl (C=O) groups excluding carboxylic acids is 3. The second-order valence-corrected chi connectivity index (χ2v) is 8.28. The Bertz CT molecular complexity index is 521.